The molecule has 0 unspecified atom stereocenters. The summed E-state index contributed by atoms with van der Waals surface area (Å²) in [7, 11) is 0. The second-order valence-corrected chi connectivity index (χ2v) is 5.83. The normalized spacial score (nSPS) is 10.3. The molecule has 1 heterocycles. The molecular weight excluding hydrogens is 374 g/mol. The standard InChI is InChI=1S/C18H12ClN3O5/c19-12-3-1-2-11(10-12)17(23)20-13-4-6-14(7-5-13)21-18(24)15-8-9-16(27-15)22(25)26/h1-10H,(H,20,23)(H,21,24). The molecule has 0 atom stereocenters. The third-order valence-electron chi connectivity index (χ3n) is 3.48. The summed E-state index contributed by atoms with van der Waals surface area (Å²) in [5.74, 6) is -1.64. The molecule has 136 valence electrons. The number of anilines is 2. The van der Waals surface area contributed by atoms with E-state index >= 15 is 0 Å². The van der Waals surface area contributed by atoms with Crippen LogP contribution in [0.2, 0.25) is 5.02 Å². The summed E-state index contributed by atoms with van der Waals surface area (Å²) in [6, 6.07) is 15.2. The first-order chi connectivity index (χ1) is 12.9. The average molecular weight is 386 g/mol. The van der Waals surface area contributed by atoms with E-state index in [-0.39, 0.29) is 11.7 Å². The summed E-state index contributed by atoms with van der Waals surface area (Å²) >= 11 is 5.87. The molecule has 0 fully saturated rings. The smallest absolute Gasteiger partial charge is 0.395 e. The molecule has 9 heteroatoms. The average Bonchev–Trinajstić information content (AvgIpc) is 3.14. The highest BCUT2D eigenvalue weighted by molar-refractivity contribution is 6.31. The number of rotatable bonds is 5. The van der Waals surface area contributed by atoms with Gasteiger partial charge in [0.1, 0.15) is 4.92 Å². The van der Waals surface area contributed by atoms with E-state index in [9.17, 15) is 19.7 Å². The van der Waals surface area contributed by atoms with Gasteiger partial charge >= 0.3 is 5.88 Å². The van der Waals surface area contributed by atoms with Crippen molar-refractivity contribution in [1.82, 2.24) is 0 Å². The Bertz CT molecular complexity index is 1010. The minimum absolute atomic E-state index is 0.181. The lowest BCUT2D eigenvalue weighted by Gasteiger charge is -2.07. The van der Waals surface area contributed by atoms with Gasteiger partial charge in [0.05, 0.1) is 6.07 Å². The third-order valence-corrected chi connectivity index (χ3v) is 3.72. The maximum atomic E-state index is 12.2. The van der Waals surface area contributed by atoms with Crippen molar-refractivity contribution in [3.05, 3.63) is 87.1 Å². The number of hydrogen-bond acceptors (Lipinski definition) is 5. The number of halogens is 1. The number of carbonyl (C=O) groups is 2. The first-order valence-electron chi connectivity index (χ1n) is 7.65. The van der Waals surface area contributed by atoms with E-state index in [1.807, 2.05) is 0 Å². The largest absolute Gasteiger partial charge is 0.433 e. The molecule has 0 radical (unpaired) electrons. The SMILES string of the molecule is O=C(Nc1ccc(NC(=O)c2ccc([N+](=O)[O-])o2)cc1)c1cccc(Cl)c1. The molecule has 27 heavy (non-hydrogen) atoms. The van der Waals surface area contributed by atoms with Crippen LogP contribution in [0.25, 0.3) is 0 Å². The molecular formula is C18H12ClN3O5. The second kappa shape index (κ2) is 7.71. The molecule has 3 rings (SSSR count). The summed E-state index contributed by atoms with van der Waals surface area (Å²) < 4.78 is 4.84. The zero-order valence-corrected chi connectivity index (χ0v) is 14.4. The topological polar surface area (TPSA) is 114 Å². The van der Waals surface area contributed by atoms with Gasteiger partial charge in [0.15, 0.2) is 5.76 Å². The van der Waals surface area contributed by atoms with Crippen LogP contribution in [0.1, 0.15) is 20.9 Å². The first kappa shape index (κ1) is 18.2. The molecule has 2 N–H and O–H groups in total. The number of furan rings is 1. The number of carbonyl (C=O) groups excluding carboxylic acids is 2. The van der Waals surface area contributed by atoms with Gasteiger partial charge in [-0.05, 0) is 48.5 Å². The predicted molar refractivity (Wildman–Crippen MR) is 99.2 cm³/mol. The molecule has 0 saturated carbocycles. The molecule has 2 amide bonds. The van der Waals surface area contributed by atoms with E-state index in [4.69, 9.17) is 16.0 Å². The van der Waals surface area contributed by atoms with Crippen LogP contribution >= 0.6 is 11.6 Å². The molecule has 3 aromatic rings. The molecule has 8 nitrogen and oxygen atoms in total. The molecule has 2 aromatic carbocycles. The lowest BCUT2D eigenvalue weighted by atomic mass is 10.2. The quantitative estimate of drug-likeness (QED) is 0.500. The van der Waals surface area contributed by atoms with Crippen LogP contribution in [0.15, 0.2) is 65.1 Å². The highest BCUT2D eigenvalue weighted by atomic mass is 35.5. The molecule has 0 saturated heterocycles. The fraction of sp³-hybridized carbons (Fsp3) is 0. The van der Waals surface area contributed by atoms with Crippen molar-refractivity contribution in [3.63, 3.8) is 0 Å². The zero-order valence-electron chi connectivity index (χ0n) is 13.6. The minimum Gasteiger partial charge on any atom is -0.395 e. The summed E-state index contributed by atoms with van der Waals surface area (Å²) in [6.07, 6.45) is 0. The fourth-order valence-electron chi connectivity index (χ4n) is 2.21. The molecule has 1 aromatic heterocycles. The van der Waals surface area contributed by atoms with E-state index in [1.165, 1.54) is 6.07 Å². The van der Waals surface area contributed by atoms with Crippen LogP contribution in [-0.2, 0) is 0 Å². The monoisotopic (exact) mass is 385 g/mol. The van der Waals surface area contributed by atoms with Crippen molar-refractivity contribution in [2.75, 3.05) is 10.6 Å². The van der Waals surface area contributed by atoms with Crippen molar-refractivity contribution >= 4 is 40.7 Å². The van der Waals surface area contributed by atoms with Gasteiger partial charge in [-0.3, -0.25) is 19.7 Å². The number of nitro groups is 1. The zero-order chi connectivity index (χ0) is 19.4. The minimum atomic E-state index is -0.728. The van der Waals surface area contributed by atoms with Gasteiger partial charge in [0.2, 0.25) is 0 Å². The van der Waals surface area contributed by atoms with Crippen molar-refractivity contribution in [2.45, 2.75) is 0 Å². The van der Waals surface area contributed by atoms with Gasteiger partial charge in [0, 0.05) is 22.0 Å². The Labute approximate surface area is 157 Å². The Morgan fingerprint density at radius 1 is 0.926 bits per heavy atom. The van der Waals surface area contributed by atoms with E-state index in [2.05, 4.69) is 10.6 Å². The van der Waals surface area contributed by atoms with Gasteiger partial charge in [-0.1, -0.05) is 17.7 Å². The van der Waals surface area contributed by atoms with E-state index < -0.39 is 16.7 Å². The Balaban J connectivity index is 1.63. The van der Waals surface area contributed by atoms with Gasteiger partial charge < -0.3 is 15.1 Å². The van der Waals surface area contributed by atoms with Crippen LogP contribution in [0.4, 0.5) is 17.3 Å². The molecule has 0 bridgehead atoms. The Morgan fingerprint density at radius 2 is 1.56 bits per heavy atom. The Kier molecular flexibility index (Phi) is 5.18. The van der Waals surface area contributed by atoms with Crippen LogP contribution < -0.4 is 10.6 Å². The van der Waals surface area contributed by atoms with Gasteiger partial charge in [-0.15, -0.1) is 0 Å². The highest BCUT2D eigenvalue weighted by Gasteiger charge is 2.17. The van der Waals surface area contributed by atoms with Gasteiger partial charge in [-0.25, -0.2) is 0 Å². The summed E-state index contributed by atoms with van der Waals surface area (Å²) in [4.78, 5) is 34.0. The number of nitrogens with zero attached hydrogens (tertiary/aromatic N) is 1. The van der Waals surface area contributed by atoms with Crippen LogP contribution in [-0.4, -0.2) is 16.7 Å². The van der Waals surface area contributed by atoms with Crippen LogP contribution in [0, 0.1) is 10.1 Å². The van der Waals surface area contributed by atoms with E-state index in [1.54, 1.807) is 48.5 Å². The lowest BCUT2D eigenvalue weighted by molar-refractivity contribution is -0.402. The molecule has 0 aliphatic rings. The van der Waals surface area contributed by atoms with Crippen LogP contribution in [0.3, 0.4) is 0 Å². The summed E-state index contributed by atoms with van der Waals surface area (Å²) in [5, 5.41) is 16.3. The van der Waals surface area contributed by atoms with Gasteiger partial charge in [0.25, 0.3) is 11.8 Å². The maximum absolute atomic E-state index is 12.2. The fourth-order valence-corrected chi connectivity index (χ4v) is 2.40. The van der Waals surface area contributed by atoms with Crippen molar-refractivity contribution in [3.8, 4) is 0 Å². The summed E-state index contributed by atoms with van der Waals surface area (Å²) in [5.41, 5.74) is 1.37. The van der Waals surface area contributed by atoms with Crippen LogP contribution in [0.5, 0.6) is 0 Å². The number of benzene rings is 2. The number of nitrogens with one attached hydrogen (secondary N) is 2. The Hall–Kier alpha value is -3.65. The van der Waals surface area contributed by atoms with E-state index in [0.717, 1.165) is 6.07 Å². The highest BCUT2D eigenvalue weighted by Crippen LogP contribution is 2.19. The van der Waals surface area contributed by atoms with Gasteiger partial charge in [-0.2, -0.15) is 0 Å². The molecule has 0 spiro atoms. The first-order valence-corrected chi connectivity index (χ1v) is 8.03. The van der Waals surface area contributed by atoms with E-state index in [0.29, 0.717) is 22.0 Å². The second-order valence-electron chi connectivity index (χ2n) is 5.39. The summed E-state index contributed by atoms with van der Waals surface area (Å²) in [6.45, 7) is 0. The number of hydrogen-bond donors (Lipinski definition) is 2. The molecule has 0 aliphatic heterocycles. The van der Waals surface area contributed by atoms with Crippen molar-refractivity contribution in [1.29, 1.82) is 0 Å². The lowest BCUT2D eigenvalue weighted by Crippen LogP contribution is -2.13. The van der Waals surface area contributed by atoms with Crippen molar-refractivity contribution in [2.24, 2.45) is 0 Å². The maximum Gasteiger partial charge on any atom is 0.433 e. The Morgan fingerprint density at radius 3 is 2.11 bits per heavy atom. The van der Waals surface area contributed by atoms with Crippen molar-refractivity contribution < 1.29 is 18.9 Å². The number of amides is 2. The predicted octanol–water partition coefficient (Wildman–Crippen LogP) is 4.35. The molecule has 0 aliphatic carbocycles. The third kappa shape index (κ3) is 4.50.